The first kappa shape index (κ1) is 17.6. The first-order valence-electron chi connectivity index (χ1n) is 7.70. The van der Waals surface area contributed by atoms with Gasteiger partial charge in [0.15, 0.2) is 5.58 Å². The molecule has 136 valence electrons. The molecule has 1 aromatic heterocycles. The fourth-order valence-electron chi connectivity index (χ4n) is 3.08. The Morgan fingerprint density at radius 3 is 2.88 bits per heavy atom. The van der Waals surface area contributed by atoms with Gasteiger partial charge in [-0.15, -0.1) is 0 Å². The zero-order valence-electron chi connectivity index (χ0n) is 13.5. The van der Waals surface area contributed by atoms with Gasteiger partial charge in [0.1, 0.15) is 0 Å². The molecule has 0 spiro atoms. The number of oxazole rings is 1. The minimum Gasteiger partial charge on any atom is -0.408 e. The van der Waals surface area contributed by atoms with Crippen LogP contribution in [-0.4, -0.2) is 48.2 Å². The van der Waals surface area contributed by atoms with Crippen molar-refractivity contribution >= 4 is 26.8 Å². The third-order valence-electron chi connectivity index (χ3n) is 4.09. The third kappa shape index (κ3) is 4.06. The minimum atomic E-state index is -3.31. The second kappa shape index (κ2) is 6.58. The molecular weight excluding hydrogens is 352 g/mol. The third-order valence-corrected chi connectivity index (χ3v) is 4.85. The first-order chi connectivity index (χ1) is 11.7. The summed E-state index contributed by atoms with van der Waals surface area (Å²) in [4.78, 5) is 24.4. The van der Waals surface area contributed by atoms with Crippen LogP contribution in [0.1, 0.15) is 12.8 Å². The smallest absolute Gasteiger partial charge is 0.408 e. The molecule has 0 radical (unpaired) electrons. The lowest BCUT2D eigenvalue weighted by Crippen LogP contribution is -2.48. The lowest BCUT2D eigenvalue weighted by atomic mass is 10.1. The number of nitro benzene ring substituents is 1. The fraction of sp³-hybridized carbons (Fsp3) is 0.500. The number of hydrogen-bond donors (Lipinski definition) is 1. The largest absolute Gasteiger partial charge is 0.421 e. The number of fused-ring (bicyclic) bond motifs is 1. The number of nitrogens with zero attached hydrogens (tertiary/aromatic N) is 3. The van der Waals surface area contributed by atoms with Gasteiger partial charge in [-0.2, -0.15) is 0 Å². The van der Waals surface area contributed by atoms with E-state index in [1.807, 2.05) is 4.90 Å². The predicted octanol–water partition coefficient (Wildman–Crippen LogP) is 0.474. The molecule has 1 fully saturated rings. The van der Waals surface area contributed by atoms with Crippen molar-refractivity contribution in [2.24, 2.45) is 0 Å². The molecule has 1 aromatic carbocycles. The highest BCUT2D eigenvalue weighted by molar-refractivity contribution is 7.88. The molecule has 10 nitrogen and oxygen atoms in total. The minimum absolute atomic E-state index is 0.127. The van der Waals surface area contributed by atoms with Crippen LogP contribution in [0.4, 0.5) is 5.69 Å². The van der Waals surface area contributed by atoms with Crippen molar-refractivity contribution in [1.29, 1.82) is 0 Å². The molecule has 1 N–H and O–H groups in total. The Labute approximate surface area is 143 Å². The van der Waals surface area contributed by atoms with Crippen molar-refractivity contribution in [2.75, 3.05) is 19.3 Å². The number of hydrogen-bond acceptors (Lipinski definition) is 7. The number of sulfonamides is 1. The van der Waals surface area contributed by atoms with Gasteiger partial charge >= 0.3 is 5.76 Å². The molecule has 11 heteroatoms. The van der Waals surface area contributed by atoms with E-state index in [1.54, 1.807) is 0 Å². The maximum absolute atomic E-state index is 12.1. The SMILES string of the molecule is CS(=O)(=O)NC1CCCN(Cn2c(=O)oc3ccc([N+](=O)[O-])cc32)C1. The van der Waals surface area contributed by atoms with E-state index in [0.717, 1.165) is 19.1 Å². The van der Waals surface area contributed by atoms with Crippen molar-refractivity contribution in [1.82, 2.24) is 14.2 Å². The van der Waals surface area contributed by atoms with Crippen molar-refractivity contribution in [3.05, 3.63) is 38.9 Å². The molecule has 0 aliphatic carbocycles. The summed E-state index contributed by atoms with van der Waals surface area (Å²) in [7, 11) is -3.31. The van der Waals surface area contributed by atoms with Crippen LogP contribution < -0.4 is 10.5 Å². The maximum atomic E-state index is 12.1. The van der Waals surface area contributed by atoms with Gasteiger partial charge in [-0.1, -0.05) is 0 Å². The van der Waals surface area contributed by atoms with Crippen LogP contribution in [0.5, 0.6) is 0 Å². The summed E-state index contributed by atoms with van der Waals surface area (Å²) in [6.07, 6.45) is 2.60. The zero-order valence-corrected chi connectivity index (χ0v) is 14.4. The topological polar surface area (TPSA) is 128 Å². The standard InChI is InChI=1S/C14H18N4O6S/c1-25(22,23)15-10-3-2-6-16(8-10)9-17-12-7-11(18(20)21)4-5-13(12)24-14(17)19/h4-5,7,10,15H,2-3,6,8-9H2,1H3. The number of aromatic nitrogens is 1. The molecule has 25 heavy (non-hydrogen) atoms. The Balaban J connectivity index is 1.84. The molecule has 1 saturated heterocycles. The molecule has 1 aliphatic rings. The molecule has 0 amide bonds. The summed E-state index contributed by atoms with van der Waals surface area (Å²) < 4.78 is 31.8. The first-order valence-corrected chi connectivity index (χ1v) is 9.59. The lowest BCUT2D eigenvalue weighted by molar-refractivity contribution is -0.384. The van der Waals surface area contributed by atoms with Crippen LogP contribution >= 0.6 is 0 Å². The number of rotatable bonds is 5. The molecular formula is C14H18N4O6S. The van der Waals surface area contributed by atoms with E-state index < -0.39 is 20.7 Å². The van der Waals surface area contributed by atoms with Gasteiger partial charge < -0.3 is 4.42 Å². The summed E-state index contributed by atoms with van der Waals surface area (Å²) in [6.45, 7) is 1.31. The van der Waals surface area contributed by atoms with Crippen LogP contribution in [0.25, 0.3) is 11.1 Å². The number of likely N-dealkylation sites (tertiary alicyclic amines) is 1. The Morgan fingerprint density at radius 2 is 2.20 bits per heavy atom. The fourth-order valence-corrected chi connectivity index (χ4v) is 3.88. The van der Waals surface area contributed by atoms with Gasteiger partial charge in [-0.25, -0.2) is 17.9 Å². The van der Waals surface area contributed by atoms with Crippen molar-refractivity contribution in [2.45, 2.75) is 25.6 Å². The molecule has 2 aromatic rings. The molecule has 0 bridgehead atoms. The van der Waals surface area contributed by atoms with Gasteiger partial charge in [-0.05, 0) is 25.5 Å². The van der Waals surface area contributed by atoms with Crippen LogP contribution in [0, 0.1) is 10.1 Å². The number of benzene rings is 1. The quantitative estimate of drug-likeness (QED) is 0.598. The van der Waals surface area contributed by atoms with Crippen molar-refractivity contribution in [3.8, 4) is 0 Å². The average Bonchev–Trinajstić information content (AvgIpc) is 2.81. The maximum Gasteiger partial charge on any atom is 0.421 e. The van der Waals surface area contributed by atoms with Gasteiger partial charge in [-0.3, -0.25) is 19.6 Å². The van der Waals surface area contributed by atoms with Crippen LogP contribution in [-0.2, 0) is 16.7 Å². The number of piperidine rings is 1. The molecule has 2 heterocycles. The summed E-state index contributed by atoms with van der Waals surface area (Å²) in [5.41, 5.74) is 0.494. The van der Waals surface area contributed by atoms with Crippen LogP contribution in [0.15, 0.2) is 27.4 Å². The summed E-state index contributed by atoms with van der Waals surface area (Å²) >= 11 is 0. The molecule has 1 unspecified atom stereocenters. The molecule has 1 aliphatic heterocycles. The monoisotopic (exact) mass is 370 g/mol. The zero-order chi connectivity index (χ0) is 18.2. The van der Waals surface area contributed by atoms with Gasteiger partial charge in [0, 0.05) is 24.7 Å². The summed E-state index contributed by atoms with van der Waals surface area (Å²) in [6, 6.07) is 3.75. The van der Waals surface area contributed by atoms with Crippen LogP contribution in [0.3, 0.4) is 0 Å². The van der Waals surface area contributed by atoms with Gasteiger partial charge in [0.25, 0.3) is 5.69 Å². The van der Waals surface area contributed by atoms with E-state index in [1.165, 1.54) is 22.8 Å². The van der Waals surface area contributed by atoms with E-state index in [2.05, 4.69) is 4.72 Å². The lowest BCUT2D eigenvalue weighted by Gasteiger charge is -2.32. The Bertz CT molecular complexity index is 963. The van der Waals surface area contributed by atoms with Crippen molar-refractivity contribution in [3.63, 3.8) is 0 Å². The van der Waals surface area contributed by atoms with Gasteiger partial charge in [0.2, 0.25) is 10.0 Å². The number of nitrogens with one attached hydrogen (secondary N) is 1. The highest BCUT2D eigenvalue weighted by Crippen LogP contribution is 2.21. The molecule has 3 rings (SSSR count). The van der Waals surface area contributed by atoms with E-state index in [-0.39, 0.29) is 24.0 Å². The molecule has 0 saturated carbocycles. The summed E-state index contributed by atoms with van der Waals surface area (Å²) in [5.74, 6) is -0.603. The highest BCUT2D eigenvalue weighted by atomic mass is 32.2. The van der Waals surface area contributed by atoms with E-state index in [0.29, 0.717) is 18.6 Å². The second-order valence-electron chi connectivity index (χ2n) is 6.15. The normalized spacial score (nSPS) is 19.3. The molecule has 1 atom stereocenters. The van der Waals surface area contributed by atoms with E-state index >= 15 is 0 Å². The average molecular weight is 370 g/mol. The summed E-state index contributed by atoms with van der Waals surface area (Å²) in [5, 5.41) is 10.9. The Kier molecular flexibility index (Phi) is 4.62. The number of nitro groups is 1. The van der Waals surface area contributed by atoms with Gasteiger partial charge in [0.05, 0.1) is 23.4 Å². The second-order valence-corrected chi connectivity index (χ2v) is 7.93. The van der Waals surface area contributed by atoms with E-state index in [9.17, 15) is 23.3 Å². The Morgan fingerprint density at radius 1 is 1.44 bits per heavy atom. The Hall–Kier alpha value is -2.24. The van der Waals surface area contributed by atoms with Crippen LogP contribution in [0.2, 0.25) is 0 Å². The highest BCUT2D eigenvalue weighted by Gasteiger charge is 2.24. The van der Waals surface area contributed by atoms with Crippen molar-refractivity contribution < 1.29 is 17.8 Å². The number of non-ortho nitro benzene ring substituents is 1. The van der Waals surface area contributed by atoms with E-state index in [4.69, 9.17) is 4.42 Å². The predicted molar refractivity (Wildman–Crippen MR) is 89.7 cm³/mol.